The molecule has 0 heterocycles. The predicted octanol–water partition coefficient (Wildman–Crippen LogP) is 3.06. The molecule has 0 spiro atoms. The zero-order valence-corrected chi connectivity index (χ0v) is 27.2. The van der Waals surface area contributed by atoms with Crippen molar-refractivity contribution >= 4 is 41.6 Å². The molecule has 190 valence electrons. The van der Waals surface area contributed by atoms with E-state index in [4.69, 9.17) is 0 Å². The van der Waals surface area contributed by atoms with Crippen LogP contribution in [0.3, 0.4) is 0 Å². The van der Waals surface area contributed by atoms with E-state index in [1.54, 1.807) is 16.3 Å². The van der Waals surface area contributed by atoms with Gasteiger partial charge in [-0.2, -0.15) is 0 Å². The molecule has 0 nitrogen and oxygen atoms in total. The molecule has 0 amide bonds. The zero-order chi connectivity index (χ0) is 23.9. The summed E-state index contributed by atoms with van der Waals surface area (Å²) in [6, 6.07) is 34.1. The number of unbranched alkanes of at least 4 members (excludes halogenated alkanes) is 1. The van der Waals surface area contributed by atoms with E-state index in [2.05, 4.69) is 117 Å². The first-order valence-corrected chi connectivity index (χ1v) is 15.5. The smallest absolute Gasteiger partial charge is 1.00 e. The van der Waals surface area contributed by atoms with Gasteiger partial charge in [0.2, 0.25) is 0 Å². The molecule has 1 atom stereocenters. The van der Waals surface area contributed by atoms with Crippen molar-refractivity contribution in [2.75, 3.05) is 0 Å². The summed E-state index contributed by atoms with van der Waals surface area (Å²) in [7, 11) is -0.640. The molecular formula is C34H32Cl2SiZr. The zero-order valence-electron chi connectivity index (χ0n) is 22.2. The summed E-state index contributed by atoms with van der Waals surface area (Å²) in [6.45, 7) is 7.20. The molecule has 5 aromatic rings. The summed E-state index contributed by atoms with van der Waals surface area (Å²) in [5.74, 6) is 0.343. The monoisotopic (exact) mass is 628 g/mol. The quantitative estimate of drug-likeness (QED) is 0.200. The Labute approximate surface area is 260 Å². The van der Waals surface area contributed by atoms with Gasteiger partial charge in [0.15, 0.2) is 0 Å². The van der Waals surface area contributed by atoms with E-state index >= 15 is 0 Å². The molecule has 0 bridgehead atoms. The van der Waals surface area contributed by atoms with Crippen molar-refractivity contribution in [1.82, 2.24) is 0 Å². The molecule has 38 heavy (non-hydrogen) atoms. The maximum atomic E-state index is 2.54. The van der Waals surface area contributed by atoms with Crippen molar-refractivity contribution in [3.8, 4) is 11.1 Å². The minimum absolute atomic E-state index is 0. The standard InChI is InChI=1S/C34H32Si.2ClH.Zr/c1-4-5-12-25-22-30-26(23-13-7-6-8-14-23)17-11-18-29(30)33(25)34-31-21-24-15-9-10-16-27(24)28(31)19-20-32(34)35(2)3;;;/h6-11,13-22,33H,4-5,12H2,1-3H3;2*1H;/q-1;;;+3/p-2. The van der Waals surface area contributed by atoms with E-state index in [0.29, 0.717) is 5.92 Å². The van der Waals surface area contributed by atoms with Crippen LogP contribution in [0.1, 0.15) is 48.8 Å². The van der Waals surface area contributed by atoms with Crippen LogP contribution in [0.25, 0.3) is 38.7 Å². The average molecular weight is 631 g/mol. The first kappa shape index (κ1) is 30.7. The molecule has 5 aromatic carbocycles. The first-order chi connectivity index (χ1) is 17.2. The topological polar surface area (TPSA) is 0 Å². The fourth-order valence-corrected chi connectivity index (χ4v) is 7.30. The van der Waals surface area contributed by atoms with Gasteiger partial charge in [0.05, 0.1) is 8.80 Å². The molecule has 0 saturated carbocycles. The molecule has 1 aliphatic rings. The molecular weight excluding hydrogens is 599 g/mol. The first-order valence-electron chi connectivity index (χ1n) is 13.0. The van der Waals surface area contributed by atoms with Crippen LogP contribution >= 0.6 is 0 Å². The third kappa shape index (κ3) is 5.31. The average Bonchev–Trinajstić information content (AvgIpc) is 3.45. The van der Waals surface area contributed by atoms with E-state index in [-0.39, 0.29) is 51.0 Å². The summed E-state index contributed by atoms with van der Waals surface area (Å²) < 4.78 is 0. The van der Waals surface area contributed by atoms with Gasteiger partial charge in [0, 0.05) is 5.92 Å². The van der Waals surface area contributed by atoms with Crippen LogP contribution in [0.15, 0.2) is 96.6 Å². The van der Waals surface area contributed by atoms with E-state index in [1.807, 2.05) is 0 Å². The number of halogens is 2. The second kappa shape index (κ2) is 13.0. The Morgan fingerprint density at radius 2 is 1.53 bits per heavy atom. The maximum absolute atomic E-state index is 2.54. The molecule has 2 radical (unpaired) electrons. The maximum Gasteiger partial charge on any atom is 3.00 e. The van der Waals surface area contributed by atoms with Crippen LogP contribution in [0.5, 0.6) is 0 Å². The second-order valence-electron chi connectivity index (χ2n) is 10.1. The van der Waals surface area contributed by atoms with Gasteiger partial charge in [-0.15, -0.1) is 33.7 Å². The van der Waals surface area contributed by atoms with Crippen molar-refractivity contribution in [2.24, 2.45) is 0 Å². The number of rotatable bonds is 6. The second-order valence-corrected chi connectivity index (χ2v) is 12.7. The minimum atomic E-state index is -0.640. The van der Waals surface area contributed by atoms with Gasteiger partial charge in [-0.1, -0.05) is 128 Å². The summed E-state index contributed by atoms with van der Waals surface area (Å²) in [5, 5.41) is 7.19. The molecule has 1 unspecified atom stereocenters. The Kier molecular flexibility index (Phi) is 10.5. The minimum Gasteiger partial charge on any atom is -1.00 e. The number of hydrogen-bond acceptors (Lipinski definition) is 0. The van der Waals surface area contributed by atoms with Crippen LogP contribution in [0.4, 0.5) is 0 Å². The molecule has 1 aliphatic carbocycles. The molecule has 4 heteroatoms. The number of allylic oxidation sites excluding steroid dienone is 1. The Balaban J connectivity index is 0.00000133. The van der Waals surface area contributed by atoms with Gasteiger partial charge in [-0.3, -0.25) is 0 Å². The van der Waals surface area contributed by atoms with Crippen molar-refractivity contribution < 1.29 is 51.0 Å². The van der Waals surface area contributed by atoms with Crippen LogP contribution in [-0.4, -0.2) is 8.80 Å². The van der Waals surface area contributed by atoms with Crippen LogP contribution in [-0.2, 0) is 26.2 Å². The molecule has 6 rings (SSSR count). The fraction of sp³-hybridized carbons (Fsp3) is 0.206. The number of hydrogen-bond donors (Lipinski definition) is 0. The van der Waals surface area contributed by atoms with E-state index in [9.17, 15) is 0 Å². The van der Waals surface area contributed by atoms with Gasteiger partial charge in [-0.05, 0) is 35.1 Å². The van der Waals surface area contributed by atoms with Crippen molar-refractivity contribution in [1.29, 1.82) is 0 Å². The third-order valence-electron chi connectivity index (χ3n) is 7.72. The molecule has 0 aliphatic heterocycles. The van der Waals surface area contributed by atoms with Crippen molar-refractivity contribution in [3.05, 3.63) is 113 Å². The van der Waals surface area contributed by atoms with Gasteiger partial charge in [-0.25, -0.2) is 0 Å². The van der Waals surface area contributed by atoms with Crippen molar-refractivity contribution in [3.63, 3.8) is 0 Å². The normalized spacial score (nSPS) is 14.0. The summed E-state index contributed by atoms with van der Waals surface area (Å²) >= 11 is 0. The molecule has 0 N–H and O–H groups in total. The summed E-state index contributed by atoms with van der Waals surface area (Å²) in [6.07, 6.45) is 6.16. The fourth-order valence-electron chi connectivity index (χ4n) is 6.07. The molecule has 0 saturated heterocycles. The summed E-state index contributed by atoms with van der Waals surface area (Å²) in [4.78, 5) is 0. The Bertz CT molecular complexity index is 1570. The Hall–Kier alpha value is -1.83. The third-order valence-corrected chi connectivity index (χ3v) is 9.23. The van der Waals surface area contributed by atoms with E-state index in [0.717, 1.165) is 6.42 Å². The Morgan fingerprint density at radius 1 is 0.789 bits per heavy atom. The Morgan fingerprint density at radius 3 is 2.26 bits per heavy atom. The van der Waals surface area contributed by atoms with Crippen LogP contribution in [0.2, 0.25) is 13.1 Å². The number of fused-ring (bicyclic) bond motifs is 4. The van der Waals surface area contributed by atoms with Crippen molar-refractivity contribution in [2.45, 2.75) is 45.2 Å². The number of benzene rings is 4. The van der Waals surface area contributed by atoms with Gasteiger partial charge in [0.25, 0.3) is 0 Å². The largest absolute Gasteiger partial charge is 3.00 e. The van der Waals surface area contributed by atoms with Gasteiger partial charge >= 0.3 is 26.2 Å². The van der Waals surface area contributed by atoms with Gasteiger partial charge < -0.3 is 24.8 Å². The SMILES string of the molecule is CCCCC1=Cc2c(-c3ccccc3)cccc2C1c1c([Si](C)C)ccc2c1[cH-]c1ccccc12.[Cl-].[Cl-].[Zr+3]. The van der Waals surface area contributed by atoms with Crippen LogP contribution in [0, 0.1) is 0 Å². The van der Waals surface area contributed by atoms with E-state index < -0.39 is 8.80 Å². The molecule has 0 aromatic heterocycles. The molecule has 0 fully saturated rings. The summed E-state index contributed by atoms with van der Waals surface area (Å²) in [5.41, 5.74) is 8.75. The predicted molar refractivity (Wildman–Crippen MR) is 155 cm³/mol. The van der Waals surface area contributed by atoms with E-state index in [1.165, 1.54) is 56.6 Å². The van der Waals surface area contributed by atoms with Gasteiger partial charge in [0.1, 0.15) is 0 Å². The van der Waals surface area contributed by atoms with Crippen LogP contribution < -0.4 is 30.0 Å².